The van der Waals surface area contributed by atoms with Crippen molar-refractivity contribution in [1.29, 1.82) is 0 Å². The summed E-state index contributed by atoms with van der Waals surface area (Å²) >= 11 is 0. The highest BCUT2D eigenvalue weighted by Crippen LogP contribution is 2.47. The van der Waals surface area contributed by atoms with E-state index in [1.54, 1.807) is 7.11 Å². The summed E-state index contributed by atoms with van der Waals surface area (Å²) in [7, 11) is 3.92. The van der Waals surface area contributed by atoms with E-state index in [2.05, 4.69) is 30.3 Å². The van der Waals surface area contributed by atoms with Gasteiger partial charge in [0.05, 0.1) is 12.7 Å². The minimum atomic E-state index is -0.0152. The Morgan fingerprint density at radius 1 is 1.38 bits per heavy atom. The molecule has 4 nitrogen and oxygen atoms in total. The minimum absolute atomic E-state index is 0.0152. The lowest BCUT2D eigenvalue weighted by atomic mass is 9.80. The molecular weight excluding hydrogens is 264 g/mol. The first kappa shape index (κ1) is 14.7. The molecule has 1 saturated heterocycles. The molecule has 3 rings (SSSR count). The summed E-state index contributed by atoms with van der Waals surface area (Å²) in [5, 5.41) is 3.62. The van der Waals surface area contributed by atoms with Gasteiger partial charge in [0.1, 0.15) is 17.1 Å². The number of benzene rings is 1. The predicted octanol–water partition coefficient (Wildman–Crippen LogP) is 2.59. The molecular formula is C17H26N2O2. The van der Waals surface area contributed by atoms with Crippen molar-refractivity contribution in [2.75, 3.05) is 33.8 Å². The normalized spacial score (nSPS) is 24.4. The number of methoxy groups -OCH3 is 1. The van der Waals surface area contributed by atoms with Crippen LogP contribution in [-0.2, 0) is 0 Å². The number of nitrogens with one attached hydrogen (secondary N) is 1. The van der Waals surface area contributed by atoms with E-state index in [4.69, 9.17) is 9.47 Å². The smallest absolute Gasteiger partial charge is 0.128 e. The number of likely N-dealkylation sites (tertiary alicyclic amines) is 1. The van der Waals surface area contributed by atoms with Gasteiger partial charge in [0.25, 0.3) is 0 Å². The van der Waals surface area contributed by atoms with Crippen LogP contribution in [0, 0.1) is 0 Å². The highest BCUT2D eigenvalue weighted by molar-refractivity contribution is 5.49. The Morgan fingerprint density at radius 3 is 2.81 bits per heavy atom. The molecule has 0 aliphatic carbocycles. The first-order valence-electron chi connectivity index (χ1n) is 7.95. The van der Waals surface area contributed by atoms with Crippen LogP contribution < -0.4 is 14.8 Å². The third kappa shape index (κ3) is 2.74. The van der Waals surface area contributed by atoms with Crippen LogP contribution in [0.2, 0.25) is 0 Å². The second-order valence-corrected chi connectivity index (χ2v) is 6.27. The Morgan fingerprint density at radius 2 is 2.14 bits per heavy atom. The largest absolute Gasteiger partial charge is 0.496 e. The lowest BCUT2D eigenvalue weighted by Crippen LogP contribution is -2.51. The molecule has 1 aromatic carbocycles. The van der Waals surface area contributed by atoms with E-state index in [9.17, 15) is 0 Å². The summed E-state index contributed by atoms with van der Waals surface area (Å²) < 4.78 is 12.0. The highest BCUT2D eigenvalue weighted by atomic mass is 16.5. The molecule has 1 atom stereocenters. The van der Waals surface area contributed by atoms with E-state index >= 15 is 0 Å². The molecule has 1 fully saturated rings. The Labute approximate surface area is 127 Å². The van der Waals surface area contributed by atoms with Crippen LogP contribution in [0.3, 0.4) is 0 Å². The number of hydrogen-bond donors (Lipinski definition) is 1. The van der Waals surface area contributed by atoms with Gasteiger partial charge in [-0.2, -0.15) is 0 Å². The molecule has 1 spiro atoms. The first-order valence-corrected chi connectivity index (χ1v) is 7.95. The standard InChI is InChI=1S/C17H26N2O2/c1-4-18-13-12-17(8-10-19(2)11-9-17)21-15-7-5-6-14(20-3)16(13)15/h5-7,13,18H,4,8-12H2,1-3H3. The predicted molar refractivity (Wildman–Crippen MR) is 84.1 cm³/mol. The van der Waals surface area contributed by atoms with Crippen LogP contribution >= 0.6 is 0 Å². The third-order valence-electron chi connectivity index (χ3n) is 4.85. The SMILES string of the molecule is CCNC1CC2(CCN(C)CC2)Oc2cccc(OC)c21. The topological polar surface area (TPSA) is 33.7 Å². The lowest BCUT2D eigenvalue weighted by Gasteiger charge is -2.46. The van der Waals surface area contributed by atoms with Gasteiger partial charge in [-0.05, 0) is 38.6 Å². The van der Waals surface area contributed by atoms with Crippen LogP contribution in [0.5, 0.6) is 11.5 Å². The van der Waals surface area contributed by atoms with Gasteiger partial charge >= 0.3 is 0 Å². The van der Waals surface area contributed by atoms with Crippen LogP contribution in [0.1, 0.15) is 37.8 Å². The maximum Gasteiger partial charge on any atom is 0.128 e. The van der Waals surface area contributed by atoms with Gasteiger partial charge in [-0.1, -0.05) is 13.0 Å². The number of piperidine rings is 1. The van der Waals surface area contributed by atoms with Gasteiger partial charge in [-0.15, -0.1) is 0 Å². The number of hydrogen-bond acceptors (Lipinski definition) is 4. The zero-order valence-corrected chi connectivity index (χ0v) is 13.3. The van der Waals surface area contributed by atoms with Crippen LogP contribution in [0.15, 0.2) is 18.2 Å². The van der Waals surface area contributed by atoms with Crippen molar-refractivity contribution >= 4 is 0 Å². The van der Waals surface area contributed by atoms with E-state index in [-0.39, 0.29) is 5.60 Å². The molecule has 2 aliphatic rings. The fourth-order valence-corrected chi connectivity index (χ4v) is 3.64. The van der Waals surface area contributed by atoms with Crippen molar-refractivity contribution in [1.82, 2.24) is 10.2 Å². The van der Waals surface area contributed by atoms with E-state index < -0.39 is 0 Å². The molecule has 1 N–H and O–H groups in total. The number of ether oxygens (including phenoxy) is 2. The Kier molecular flexibility index (Phi) is 4.09. The van der Waals surface area contributed by atoms with E-state index in [1.165, 1.54) is 5.56 Å². The summed E-state index contributed by atoms with van der Waals surface area (Å²) in [6, 6.07) is 6.45. The second kappa shape index (κ2) is 5.85. The quantitative estimate of drug-likeness (QED) is 0.928. The minimum Gasteiger partial charge on any atom is -0.496 e. The number of nitrogens with zero attached hydrogens (tertiary/aromatic N) is 1. The van der Waals surface area contributed by atoms with Crippen molar-refractivity contribution in [3.63, 3.8) is 0 Å². The van der Waals surface area contributed by atoms with Gasteiger partial charge in [0, 0.05) is 25.6 Å². The van der Waals surface area contributed by atoms with Crippen LogP contribution in [0.4, 0.5) is 0 Å². The number of rotatable bonds is 3. The second-order valence-electron chi connectivity index (χ2n) is 6.27. The molecule has 0 aromatic heterocycles. The van der Waals surface area contributed by atoms with Crippen LogP contribution in [-0.4, -0.2) is 44.3 Å². The Bertz CT molecular complexity index is 496. The summed E-state index contributed by atoms with van der Waals surface area (Å²) in [6.07, 6.45) is 3.23. The summed E-state index contributed by atoms with van der Waals surface area (Å²) in [4.78, 5) is 2.39. The van der Waals surface area contributed by atoms with Gasteiger partial charge in [0.15, 0.2) is 0 Å². The van der Waals surface area contributed by atoms with E-state index in [0.717, 1.165) is 50.4 Å². The van der Waals surface area contributed by atoms with Gasteiger partial charge < -0.3 is 19.7 Å². The molecule has 1 aromatic rings. The lowest BCUT2D eigenvalue weighted by molar-refractivity contribution is -0.0206. The fraction of sp³-hybridized carbons (Fsp3) is 0.647. The number of fused-ring (bicyclic) bond motifs is 1. The molecule has 4 heteroatoms. The molecule has 2 heterocycles. The zero-order chi connectivity index (χ0) is 14.9. The zero-order valence-electron chi connectivity index (χ0n) is 13.3. The summed E-state index contributed by atoms with van der Waals surface area (Å²) in [5.41, 5.74) is 1.17. The van der Waals surface area contributed by atoms with Crippen molar-refractivity contribution in [3.8, 4) is 11.5 Å². The van der Waals surface area contributed by atoms with Gasteiger partial charge in [0.2, 0.25) is 0 Å². The van der Waals surface area contributed by atoms with Crippen LogP contribution in [0.25, 0.3) is 0 Å². The summed E-state index contributed by atoms with van der Waals surface area (Å²) in [5.74, 6) is 1.93. The molecule has 0 bridgehead atoms. The molecule has 0 radical (unpaired) electrons. The maximum absolute atomic E-state index is 6.48. The molecule has 21 heavy (non-hydrogen) atoms. The van der Waals surface area contributed by atoms with Crippen molar-refractivity contribution in [3.05, 3.63) is 23.8 Å². The Hall–Kier alpha value is -1.26. The van der Waals surface area contributed by atoms with Gasteiger partial charge in [-0.3, -0.25) is 0 Å². The molecule has 116 valence electrons. The summed E-state index contributed by atoms with van der Waals surface area (Å²) in [6.45, 7) is 5.33. The molecule has 2 aliphatic heterocycles. The van der Waals surface area contributed by atoms with E-state index in [0.29, 0.717) is 6.04 Å². The van der Waals surface area contributed by atoms with Crippen molar-refractivity contribution < 1.29 is 9.47 Å². The van der Waals surface area contributed by atoms with Crippen molar-refractivity contribution in [2.45, 2.75) is 37.8 Å². The van der Waals surface area contributed by atoms with E-state index in [1.807, 2.05) is 12.1 Å². The molecule has 0 saturated carbocycles. The van der Waals surface area contributed by atoms with Gasteiger partial charge in [-0.25, -0.2) is 0 Å². The van der Waals surface area contributed by atoms with Crippen molar-refractivity contribution in [2.24, 2.45) is 0 Å². The first-order chi connectivity index (χ1) is 10.2. The molecule has 1 unspecified atom stereocenters. The highest BCUT2D eigenvalue weighted by Gasteiger charge is 2.43. The molecule has 0 amide bonds. The third-order valence-corrected chi connectivity index (χ3v) is 4.85. The average Bonchev–Trinajstić information content (AvgIpc) is 2.50. The maximum atomic E-state index is 6.48. The average molecular weight is 290 g/mol. The monoisotopic (exact) mass is 290 g/mol. The fourth-order valence-electron chi connectivity index (χ4n) is 3.64. The Balaban J connectivity index is 1.94.